The number of hydrogen-bond acceptors (Lipinski definition) is 6. The Labute approximate surface area is 210 Å². The van der Waals surface area contributed by atoms with Crippen molar-refractivity contribution in [1.29, 1.82) is 0 Å². The standard InChI is InChI=1S/C27H34N4O3S/c1-26(9-10-26)35(33)30-20-7-8-21(22(17-20)31-15-13-27(11-12-27)14-16-31)25(32)29-23-3-2-4-24(28-23)34-18-19-5-6-19/h2-4,7-8,17,19,30H,5-6,9-16,18H2,1H3,(H,28,29,32). The lowest BCUT2D eigenvalue weighted by atomic mass is 9.93. The van der Waals surface area contributed by atoms with E-state index in [-0.39, 0.29) is 10.7 Å². The molecule has 186 valence electrons. The first-order chi connectivity index (χ1) is 16.9. The summed E-state index contributed by atoms with van der Waals surface area (Å²) in [6.45, 7) is 4.61. The van der Waals surface area contributed by atoms with Crippen molar-refractivity contribution in [3.8, 4) is 5.88 Å². The smallest absolute Gasteiger partial charge is 0.258 e. The molecule has 4 fully saturated rings. The SMILES string of the molecule is CC1([S+]([O-])Nc2ccc(C(=O)Nc3cccc(OCC4CC4)n3)c(N3CCC4(CC3)CC4)c2)CC1. The van der Waals surface area contributed by atoms with Gasteiger partial charge in [-0.05, 0) is 81.0 Å². The van der Waals surface area contributed by atoms with E-state index in [1.54, 1.807) is 6.07 Å². The average Bonchev–Trinajstić information content (AvgIpc) is 3.74. The van der Waals surface area contributed by atoms with E-state index in [0.29, 0.717) is 35.2 Å². The van der Waals surface area contributed by atoms with E-state index in [1.165, 1.54) is 25.7 Å². The number of amides is 1. The zero-order chi connectivity index (χ0) is 24.0. The fourth-order valence-corrected chi connectivity index (χ4v) is 5.84. The van der Waals surface area contributed by atoms with Crippen LogP contribution in [-0.2, 0) is 11.4 Å². The molecule has 3 aliphatic carbocycles. The van der Waals surface area contributed by atoms with Crippen LogP contribution in [0.15, 0.2) is 36.4 Å². The lowest BCUT2D eigenvalue weighted by Gasteiger charge is -2.35. The molecule has 3 saturated carbocycles. The molecule has 1 aromatic carbocycles. The predicted molar refractivity (Wildman–Crippen MR) is 139 cm³/mol. The maximum absolute atomic E-state index is 13.4. The lowest BCUT2D eigenvalue weighted by Crippen LogP contribution is -2.36. The first-order valence-electron chi connectivity index (χ1n) is 12.9. The second-order valence-corrected chi connectivity index (χ2v) is 12.8. The van der Waals surface area contributed by atoms with Gasteiger partial charge in [-0.1, -0.05) is 6.07 Å². The van der Waals surface area contributed by atoms with Crippen molar-refractivity contribution in [2.75, 3.05) is 34.6 Å². The number of anilines is 3. The second-order valence-electron chi connectivity index (χ2n) is 11.1. The van der Waals surface area contributed by atoms with Crippen LogP contribution in [-0.4, -0.2) is 39.9 Å². The Kier molecular flexibility index (Phi) is 5.84. The van der Waals surface area contributed by atoms with Gasteiger partial charge in [-0.25, -0.2) is 4.72 Å². The number of ether oxygens (including phenoxy) is 1. The Balaban J connectivity index is 1.21. The molecule has 1 aromatic heterocycles. The quantitative estimate of drug-likeness (QED) is 0.470. The Morgan fingerprint density at radius 2 is 1.91 bits per heavy atom. The summed E-state index contributed by atoms with van der Waals surface area (Å²) in [4.78, 5) is 20.2. The van der Waals surface area contributed by atoms with Crippen LogP contribution in [0.1, 0.15) is 68.6 Å². The molecular weight excluding hydrogens is 460 g/mol. The van der Waals surface area contributed by atoms with Gasteiger partial charge in [-0.3, -0.25) is 4.79 Å². The van der Waals surface area contributed by atoms with Crippen LogP contribution in [0.3, 0.4) is 0 Å². The van der Waals surface area contributed by atoms with Crippen LogP contribution >= 0.6 is 0 Å². The summed E-state index contributed by atoms with van der Waals surface area (Å²) in [5, 5.41) is 2.97. The highest BCUT2D eigenvalue weighted by atomic mass is 32.2. The molecule has 8 heteroatoms. The minimum absolute atomic E-state index is 0.141. The number of carbonyl (C=O) groups is 1. The van der Waals surface area contributed by atoms with Gasteiger partial charge in [-0.2, -0.15) is 4.98 Å². The molecule has 0 bridgehead atoms. The average molecular weight is 495 g/mol. The summed E-state index contributed by atoms with van der Waals surface area (Å²) >= 11 is -1.14. The number of pyridine rings is 1. The number of carbonyl (C=O) groups excluding carboxylic acids is 1. The molecule has 7 nitrogen and oxygen atoms in total. The van der Waals surface area contributed by atoms with Gasteiger partial charge in [0.15, 0.2) is 0 Å². The van der Waals surface area contributed by atoms with Crippen LogP contribution in [0, 0.1) is 11.3 Å². The lowest BCUT2D eigenvalue weighted by molar-refractivity contribution is 0.102. The molecule has 1 spiro atoms. The topological polar surface area (TPSA) is 89.5 Å². The van der Waals surface area contributed by atoms with Crippen LogP contribution in [0.2, 0.25) is 0 Å². The maximum atomic E-state index is 13.4. The molecule has 2 aromatic rings. The minimum Gasteiger partial charge on any atom is -0.593 e. The molecule has 1 atom stereocenters. The largest absolute Gasteiger partial charge is 0.593 e. The number of nitrogens with one attached hydrogen (secondary N) is 2. The zero-order valence-electron chi connectivity index (χ0n) is 20.3. The summed E-state index contributed by atoms with van der Waals surface area (Å²) in [6.07, 6.45) is 9.38. The van der Waals surface area contributed by atoms with Crippen LogP contribution < -0.4 is 19.7 Å². The van der Waals surface area contributed by atoms with E-state index >= 15 is 0 Å². The molecular formula is C27H34N4O3S. The van der Waals surface area contributed by atoms with Gasteiger partial charge in [0.2, 0.25) is 5.88 Å². The molecule has 1 unspecified atom stereocenters. The molecule has 4 aliphatic rings. The van der Waals surface area contributed by atoms with Crippen LogP contribution in [0.4, 0.5) is 17.2 Å². The van der Waals surface area contributed by atoms with Gasteiger partial charge >= 0.3 is 0 Å². The summed E-state index contributed by atoms with van der Waals surface area (Å²) in [6, 6.07) is 11.2. The van der Waals surface area contributed by atoms with Gasteiger partial charge in [0, 0.05) is 32.0 Å². The van der Waals surface area contributed by atoms with Crippen LogP contribution in [0.5, 0.6) is 5.88 Å². The summed E-state index contributed by atoms with van der Waals surface area (Å²) in [5.74, 6) is 1.47. The van der Waals surface area contributed by atoms with Crippen molar-refractivity contribution in [3.63, 3.8) is 0 Å². The summed E-state index contributed by atoms with van der Waals surface area (Å²) in [7, 11) is 0. The summed E-state index contributed by atoms with van der Waals surface area (Å²) in [5.41, 5.74) is 2.84. The maximum Gasteiger partial charge on any atom is 0.258 e. The van der Waals surface area contributed by atoms with E-state index < -0.39 is 11.4 Å². The fourth-order valence-electron chi connectivity index (χ4n) is 4.78. The van der Waals surface area contributed by atoms with Gasteiger partial charge in [0.1, 0.15) is 10.6 Å². The Hall–Kier alpha value is -2.45. The van der Waals surface area contributed by atoms with E-state index in [9.17, 15) is 9.35 Å². The van der Waals surface area contributed by atoms with E-state index in [4.69, 9.17) is 4.74 Å². The zero-order valence-corrected chi connectivity index (χ0v) is 21.2. The van der Waals surface area contributed by atoms with Gasteiger partial charge in [0.25, 0.3) is 5.91 Å². The van der Waals surface area contributed by atoms with E-state index in [1.807, 2.05) is 37.3 Å². The third kappa shape index (κ3) is 5.23. The second kappa shape index (κ2) is 8.89. The molecule has 1 aliphatic heterocycles. The van der Waals surface area contributed by atoms with Gasteiger partial charge in [0.05, 0.1) is 34.9 Å². The number of rotatable bonds is 9. The van der Waals surface area contributed by atoms with Crippen molar-refractivity contribution in [1.82, 2.24) is 4.98 Å². The number of hydrogen-bond donors (Lipinski definition) is 2. The highest BCUT2D eigenvalue weighted by Crippen LogP contribution is 2.54. The number of benzene rings is 1. The Morgan fingerprint density at radius 1 is 1.14 bits per heavy atom. The van der Waals surface area contributed by atoms with Crippen LogP contribution in [0.25, 0.3) is 0 Å². The van der Waals surface area contributed by atoms with Crippen molar-refractivity contribution < 1.29 is 14.1 Å². The molecule has 6 rings (SSSR count). The van der Waals surface area contributed by atoms with Crippen molar-refractivity contribution in [2.45, 2.75) is 63.0 Å². The number of nitrogens with zero attached hydrogens (tertiary/aromatic N) is 2. The normalized spacial score (nSPS) is 22.4. The predicted octanol–water partition coefficient (Wildman–Crippen LogP) is 5.13. The van der Waals surface area contributed by atoms with Gasteiger partial charge < -0.3 is 19.5 Å². The van der Waals surface area contributed by atoms with Crippen molar-refractivity contribution >= 4 is 34.5 Å². The van der Waals surface area contributed by atoms with E-state index in [2.05, 4.69) is 19.9 Å². The minimum atomic E-state index is -1.14. The first-order valence-corrected chi connectivity index (χ1v) is 14.1. The third-order valence-electron chi connectivity index (χ3n) is 8.11. The van der Waals surface area contributed by atoms with Crippen molar-refractivity contribution in [2.24, 2.45) is 11.3 Å². The number of piperidine rings is 1. The fraction of sp³-hybridized carbons (Fsp3) is 0.556. The summed E-state index contributed by atoms with van der Waals surface area (Å²) < 4.78 is 21.6. The Bertz CT molecular complexity index is 1100. The molecule has 2 N–H and O–H groups in total. The van der Waals surface area contributed by atoms with E-state index in [0.717, 1.165) is 50.1 Å². The third-order valence-corrected chi connectivity index (χ3v) is 9.83. The molecule has 1 amide bonds. The van der Waals surface area contributed by atoms with Gasteiger partial charge in [-0.15, -0.1) is 0 Å². The number of aromatic nitrogens is 1. The molecule has 35 heavy (non-hydrogen) atoms. The monoisotopic (exact) mass is 494 g/mol. The molecule has 0 radical (unpaired) electrons. The van der Waals surface area contributed by atoms with Crippen molar-refractivity contribution in [3.05, 3.63) is 42.0 Å². The first kappa shape index (κ1) is 23.0. The Morgan fingerprint density at radius 3 is 2.60 bits per heavy atom. The highest BCUT2D eigenvalue weighted by Gasteiger charge is 2.50. The highest BCUT2D eigenvalue weighted by molar-refractivity contribution is 7.94. The molecule has 2 heterocycles. The molecule has 1 saturated heterocycles.